The Morgan fingerprint density at radius 2 is 1.32 bits per heavy atom. The maximum Gasteiger partial charge on any atom is 0.118 e. The number of methoxy groups -OCH3 is 1. The van der Waals surface area contributed by atoms with Gasteiger partial charge in [0.05, 0.1) is 7.11 Å². The van der Waals surface area contributed by atoms with Gasteiger partial charge in [-0.25, -0.2) is 0 Å². The van der Waals surface area contributed by atoms with Gasteiger partial charge in [0.15, 0.2) is 0 Å². The van der Waals surface area contributed by atoms with E-state index in [0.29, 0.717) is 18.0 Å². The highest BCUT2D eigenvalue weighted by molar-refractivity contribution is 5.35. The zero-order valence-electron chi connectivity index (χ0n) is 14.4. The molecule has 0 amide bonds. The van der Waals surface area contributed by atoms with Crippen molar-refractivity contribution >= 4 is 0 Å². The van der Waals surface area contributed by atoms with E-state index >= 15 is 0 Å². The first-order chi connectivity index (χ1) is 12.3. The molecule has 1 heterocycles. The van der Waals surface area contributed by atoms with Crippen molar-refractivity contribution in [1.29, 1.82) is 0 Å². The van der Waals surface area contributed by atoms with Gasteiger partial charge in [-0.2, -0.15) is 0 Å². The van der Waals surface area contributed by atoms with E-state index in [2.05, 4.69) is 78.1 Å². The zero-order valence-corrected chi connectivity index (χ0v) is 14.4. The average Bonchev–Trinajstić information content (AvgIpc) is 3.15. The van der Waals surface area contributed by atoms with Crippen LogP contribution in [0.4, 0.5) is 0 Å². The molecule has 0 spiro atoms. The molecule has 0 aliphatic carbocycles. The highest BCUT2D eigenvalue weighted by Gasteiger charge is 2.36. The van der Waals surface area contributed by atoms with Crippen LogP contribution in [0.5, 0.6) is 5.75 Å². The quantitative estimate of drug-likeness (QED) is 0.705. The Hall–Kier alpha value is -2.58. The van der Waals surface area contributed by atoms with Gasteiger partial charge < -0.3 is 10.1 Å². The Morgan fingerprint density at radius 3 is 1.92 bits per heavy atom. The normalized spacial score (nSPS) is 22.7. The summed E-state index contributed by atoms with van der Waals surface area (Å²) in [6.45, 7) is 0. The second-order valence-corrected chi connectivity index (χ2v) is 6.63. The van der Waals surface area contributed by atoms with E-state index in [-0.39, 0.29) is 0 Å². The van der Waals surface area contributed by atoms with Crippen molar-refractivity contribution in [2.75, 3.05) is 7.11 Å². The highest BCUT2D eigenvalue weighted by atomic mass is 16.5. The second-order valence-electron chi connectivity index (χ2n) is 6.63. The maximum atomic E-state index is 5.29. The molecule has 2 heteroatoms. The first-order valence-corrected chi connectivity index (χ1v) is 8.85. The van der Waals surface area contributed by atoms with Crippen LogP contribution >= 0.6 is 0 Å². The van der Waals surface area contributed by atoms with Crippen LogP contribution in [0.25, 0.3) is 0 Å². The van der Waals surface area contributed by atoms with E-state index in [1.165, 1.54) is 16.7 Å². The predicted molar refractivity (Wildman–Crippen MR) is 102 cm³/mol. The highest BCUT2D eigenvalue weighted by Crippen LogP contribution is 2.45. The van der Waals surface area contributed by atoms with E-state index in [0.717, 1.165) is 12.2 Å². The first-order valence-electron chi connectivity index (χ1n) is 8.85. The molecule has 2 nitrogen and oxygen atoms in total. The summed E-state index contributed by atoms with van der Waals surface area (Å²) in [5, 5.41) is 3.87. The van der Waals surface area contributed by atoms with Crippen molar-refractivity contribution in [2.24, 2.45) is 0 Å². The first kappa shape index (κ1) is 15.9. The molecule has 0 unspecified atom stereocenters. The maximum absolute atomic E-state index is 5.29. The fourth-order valence-corrected chi connectivity index (χ4v) is 3.88. The van der Waals surface area contributed by atoms with Gasteiger partial charge >= 0.3 is 0 Å². The summed E-state index contributed by atoms with van der Waals surface area (Å²) in [4.78, 5) is 0. The van der Waals surface area contributed by atoms with Gasteiger partial charge in [0.25, 0.3) is 0 Å². The van der Waals surface area contributed by atoms with Crippen LogP contribution in [0, 0.1) is 0 Å². The Kier molecular flexibility index (Phi) is 4.53. The van der Waals surface area contributed by atoms with Crippen molar-refractivity contribution in [3.8, 4) is 5.75 Å². The Labute approximate surface area is 149 Å². The average molecular weight is 329 g/mol. The molecule has 0 radical (unpaired) electrons. The number of hydrogen-bond donors (Lipinski definition) is 1. The van der Waals surface area contributed by atoms with Crippen molar-refractivity contribution in [3.05, 3.63) is 102 Å². The monoisotopic (exact) mass is 329 g/mol. The van der Waals surface area contributed by atoms with Crippen molar-refractivity contribution in [1.82, 2.24) is 5.32 Å². The van der Waals surface area contributed by atoms with E-state index in [1.54, 1.807) is 7.11 Å². The predicted octanol–water partition coefficient (Wildman–Crippen LogP) is 5.25. The summed E-state index contributed by atoms with van der Waals surface area (Å²) in [6.07, 6.45) is 1.09. The molecule has 1 aliphatic heterocycles. The SMILES string of the molecule is COc1ccc([C@H]2C[C@H](c3ccccc3)[C@@H](c3ccccc3)N2)cc1. The third-order valence-corrected chi connectivity index (χ3v) is 5.18. The standard InChI is InChI=1S/C23H23NO/c1-25-20-14-12-18(13-15-20)22-16-21(17-8-4-2-5-9-17)23(24-22)19-10-6-3-7-11-19/h2-15,21-24H,16H2,1H3/t21-,22-,23-/m1/s1. The van der Waals surface area contributed by atoms with E-state index in [9.17, 15) is 0 Å². The Bertz CT molecular complexity index is 751. The summed E-state index contributed by atoms with van der Waals surface area (Å²) in [6, 6.07) is 30.8. The molecule has 1 N–H and O–H groups in total. The van der Waals surface area contributed by atoms with E-state index in [1.807, 2.05) is 12.1 Å². The fourth-order valence-electron chi connectivity index (χ4n) is 3.88. The van der Waals surface area contributed by atoms with Gasteiger partial charge in [-0.15, -0.1) is 0 Å². The number of hydrogen-bond acceptors (Lipinski definition) is 2. The Morgan fingerprint density at radius 1 is 0.720 bits per heavy atom. The minimum atomic E-state index is 0.329. The second kappa shape index (κ2) is 7.12. The lowest BCUT2D eigenvalue weighted by molar-refractivity contribution is 0.414. The number of ether oxygens (including phenoxy) is 1. The molecule has 3 aromatic carbocycles. The van der Waals surface area contributed by atoms with Crippen LogP contribution in [-0.4, -0.2) is 7.11 Å². The third-order valence-electron chi connectivity index (χ3n) is 5.18. The summed E-state index contributed by atoms with van der Waals surface area (Å²) >= 11 is 0. The molecule has 0 saturated carbocycles. The molecule has 1 saturated heterocycles. The van der Waals surface area contributed by atoms with Gasteiger partial charge in [0.2, 0.25) is 0 Å². The van der Waals surface area contributed by atoms with Crippen LogP contribution in [0.3, 0.4) is 0 Å². The lowest BCUT2D eigenvalue weighted by atomic mass is 9.86. The molecule has 1 aliphatic rings. The van der Waals surface area contributed by atoms with Crippen LogP contribution < -0.4 is 10.1 Å². The fraction of sp³-hybridized carbons (Fsp3) is 0.217. The molecule has 3 atom stereocenters. The summed E-state index contributed by atoms with van der Waals surface area (Å²) in [5.41, 5.74) is 4.08. The van der Waals surface area contributed by atoms with E-state index < -0.39 is 0 Å². The minimum Gasteiger partial charge on any atom is -0.497 e. The zero-order chi connectivity index (χ0) is 17.1. The van der Waals surface area contributed by atoms with Gasteiger partial charge in [0, 0.05) is 18.0 Å². The van der Waals surface area contributed by atoms with Gasteiger partial charge in [0.1, 0.15) is 5.75 Å². The molecule has 25 heavy (non-hydrogen) atoms. The van der Waals surface area contributed by atoms with Gasteiger partial charge in [-0.05, 0) is 35.2 Å². The molecular formula is C23H23NO. The molecule has 0 bridgehead atoms. The molecule has 4 rings (SSSR count). The largest absolute Gasteiger partial charge is 0.497 e. The van der Waals surface area contributed by atoms with Gasteiger partial charge in [-0.3, -0.25) is 0 Å². The summed E-state index contributed by atoms with van der Waals surface area (Å²) in [5.74, 6) is 1.37. The van der Waals surface area contributed by atoms with Gasteiger partial charge in [-0.1, -0.05) is 72.8 Å². The summed E-state index contributed by atoms with van der Waals surface area (Å²) < 4.78 is 5.29. The van der Waals surface area contributed by atoms with Crippen LogP contribution in [0.2, 0.25) is 0 Å². The van der Waals surface area contributed by atoms with Crippen molar-refractivity contribution in [2.45, 2.75) is 24.4 Å². The molecular weight excluding hydrogens is 306 g/mol. The van der Waals surface area contributed by atoms with Crippen LogP contribution in [0.15, 0.2) is 84.9 Å². The summed E-state index contributed by atoms with van der Waals surface area (Å²) in [7, 11) is 1.71. The topological polar surface area (TPSA) is 21.3 Å². The van der Waals surface area contributed by atoms with Crippen LogP contribution in [-0.2, 0) is 0 Å². The Balaban J connectivity index is 1.66. The van der Waals surface area contributed by atoms with Crippen molar-refractivity contribution < 1.29 is 4.74 Å². The third kappa shape index (κ3) is 3.31. The number of rotatable bonds is 4. The molecule has 3 aromatic rings. The number of nitrogens with one attached hydrogen (secondary N) is 1. The molecule has 1 fully saturated rings. The lowest BCUT2D eigenvalue weighted by Crippen LogP contribution is -2.19. The molecule has 0 aromatic heterocycles. The number of benzene rings is 3. The van der Waals surface area contributed by atoms with E-state index in [4.69, 9.17) is 4.74 Å². The van der Waals surface area contributed by atoms with Crippen molar-refractivity contribution in [3.63, 3.8) is 0 Å². The van der Waals surface area contributed by atoms with Crippen LogP contribution in [0.1, 0.15) is 41.1 Å². The lowest BCUT2D eigenvalue weighted by Gasteiger charge is -2.20. The molecule has 126 valence electrons. The smallest absolute Gasteiger partial charge is 0.118 e. The minimum absolute atomic E-state index is 0.329.